The molecule has 0 aliphatic heterocycles. The summed E-state index contributed by atoms with van der Waals surface area (Å²) in [7, 11) is 0. The summed E-state index contributed by atoms with van der Waals surface area (Å²) in [5.74, 6) is 0. The zero-order valence-electron chi connectivity index (χ0n) is 7.09. The highest BCUT2D eigenvalue weighted by Crippen LogP contribution is 2.11. The van der Waals surface area contributed by atoms with E-state index in [2.05, 4.69) is 22.5 Å². The maximum absolute atomic E-state index is 5.73. The molecule has 0 aliphatic carbocycles. The molecule has 1 rings (SSSR count). The molecule has 1 nitrogen and oxygen atoms in total. The van der Waals surface area contributed by atoms with Gasteiger partial charge in [0.15, 0.2) is 0 Å². The van der Waals surface area contributed by atoms with Gasteiger partial charge in [-0.05, 0) is 17.7 Å². The van der Waals surface area contributed by atoms with Crippen LogP contribution in [-0.2, 0) is 11.3 Å². The Morgan fingerprint density at radius 1 is 1.38 bits per heavy atom. The van der Waals surface area contributed by atoms with Crippen molar-refractivity contribution in [3.63, 3.8) is 0 Å². The summed E-state index contributed by atoms with van der Waals surface area (Å²) in [6.07, 6.45) is 0. The maximum Gasteiger partial charge on any atom is 0.0780 e. The minimum absolute atomic E-state index is 0.530. The van der Waals surface area contributed by atoms with E-state index in [-0.39, 0.29) is 0 Å². The van der Waals surface area contributed by atoms with Crippen LogP contribution in [0.1, 0.15) is 5.56 Å². The number of halogens is 2. The lowest BCUT2D eigenvalue weighted by atomic mass is 10.2. The van der Waals surface area contributed by atoms with Crippen molar-refractivity contribution in [1.82, 2.24) is 0 Å². The zero-order valence-corrected chi connectivity index (χ0v) is 9.44. The molecule has 13 heavy (non-hydrogen) atoms. The summed E-state index contributed by atoms with van der Waals surface area (Å²) in [6, 6.07) is 7.59. The highest BCUT2D eigenvalue weighted by atomic mass is 79.9. The zero-order chi connectivity index (χ0) is 9.68. The van der Waals surface area contributed by atoms with Gasteiger partial charge >= 0.3 is 0 Å². The second-order valence-electron chi connectivity index (χ2n) is 2.64. The Balaban J connectivity index is 2.37. The molecule has 0 spiro atoms. The van der Waals surface area contributed by atoms with Crippen LogP contribution in [-0.4, -0.2) is 6.61 Å². The van der Waals surface area contributed by atoms with E-state index in [1.807, 2.05) is 24.3 Å². The van der Waals surface area contributed by atoms with E-state index >= 15 is 0 Å². The van der Waals surface area contributed by atoms with Crippen molar-refractivity contribution in [3.05, 3.63) is 45.9 Å². The Hall–Kier alpha value is -0.310. The predicted octanol–water partition coefficient (Wildman–Crippen LogP) is 3.77. The van der Waals surface area contributed by atoms with E-state index in [9.17, 15) is 0 Å². The van der Waals surface area contributed by atoms with Crippen LogP contribution >= 0.6 is 27.5 Å². The Kier molecular flexibility index (Phi) is 4.50. The predicted molar refractivity (Wildman–Crippen MR) is 59.2 cm³/mol. The standard InChI is InChI=1S/C10H10BrClO/c1-8(11)6-13-7-9-2-4-10(12)5-3-9/h2-5H,1,6-7H2. The molecule has 0 amide bonds. The van der Waals surface area contributed by atoms with Crippen molar-refractivity contribution in [1.29, 1.82) is 0 Å². The van der Waals surface area contributed by atoms with Crippen molar-refractivity contribution in [3.8, 4) is 0 Å². The molecular formula is C10H10BrClO. The second kappa shape index (κ2) is 5.43. The maximum atomic E-state index is 5.73. The van der Waals surface area contributed by atoms with Crippen molar-refractivity contribution in [2.24, 2.45) is 0 Å². The normalized spacial score (nSPS) is 10.0. The van der Waals surface area contributed by atoms with E-state index in [4.69, 9.17) is 16.3 Å². The Morgan fingerprint density at radius 2 is 2.00 bits per heavy atom. The van der Waals surface area contributed by atoms with Crippen molar-refractivity contribution in [2.45, 2.75) is 6.61 Å². The van der Waals surface area contributed by atoms with Crippen LogP contribution < -0.4 is 0 Å². The van der Waals surface area contributed by atoms with Crippen molar-refractivity contribution >= 4 is 27.5 Å². The molecule has 70 valence electrons. The van der Waals surface area contributed by atoms with Crippen LogP contribution in [0.2, 0.25) is 5.02 Å². The summed E-state index contributed by atoms with van der Waals surface area (Å²) in [5, 5.41) is 0.744. The number of hydrogen-bond acceptors (Lipinski definition) is 1. The quantitative estimate of drug-likeness (QED) is 0.802. The second-order valence-corrected chi connectivity index (χ2v) is 4.19. The molecule has 0 aromatic heterocycles. The molecule has 0 bridgehead atoms. The molecule has 0 saturated heterocycles. The molecule has 0 aliphatic rings. The molecule has 3 heteroatoms. The largest absolute Gasteiger partial charge is 0.372 e. The lowest BCUT2D eigenvalue weighted by Gasteiger charge is -2.02. The monoisotopic (exact) mass is 260 g/mol. The first-order chi connectivity index (χ1) is 6.18. The van der Waals surface area contributed by atoms with Gasteiger partial charge in [0.25, 0.3) is 0 Å². The summed E-state index contributed by atoms with van der Waals surface area (Å²) >= 11 is 8.95. The van der Waals surface area contributed by atoms with Crippen LogP contribution in [0.4, 0.5) is 0 Å². The summed E-state index contributed by atoms with van der Waals surface area (Å²) < 4.78 is 6.18. The van der Waals surface area contributed by atoms with E-state index in [1.54, 1.807) is 0 Å². The SMILES string of the molecule is C=C(Br)COCc1ccc(Cl)cc1. The fraction of sp³-hybridized carbons (Fsp3) is 0.200. The van der Waals surface area contributed by atoms with Gasteiger partial charge in [0.2, 0.25) is 0 Å². The fourth-order valence-corrected chi connectivity index (χ4v) is 1.15. The highest BCUT2D eigenvalue weighted by Gasteiger charge is 1.93. The smallest absolute Gasteiger partial charge is 0.0780 e. The lowest BCUT2D eigenvalue weighted by Crippen LogP contribution is -1.94. The van der Waals surface area contributed by atoms with Crippen LogP contribution in [0, 0.1) is 0 Å². The van der Waals surface area contributed by atoms with Gasteiger partial charge in [0, 0.05) is 9.51 Å². The van der Waals surface area contributed by atoms with Gasteiger partial charge in [-0.3, -0.25) is 0 Å². The Labute approximate surface area is 91.5 Å². The molecule has 0 unspecified atom stereocenters. The summed E-state index contributed by atoms with van der Waals surface area (Å²) in [5.41, 5.74) is 1.11. The average Bonchev–Trinajstić information content (AvgIpc) is 2.08. The van der Waals surface area contributed by atoms with E-state index in [0.717, 1.165) is 15.1 Å². The fourth-order valence-electron chi connectivity index (χ4n) is 0.860. The van der Waals surface area contributed by atoms with Gasteiger partial charge in [0.05, 0.1) is 13.2 Å². The van der Waals surface area contributed by atoms with E-state index < -0.39 is 0 Å². The van der Waals surface area contributed by atoms with E-state index in [1.165, 1.54) is 0 Å². The first kappa shape index (κ1) is 10.8. The number of ether oxygens (including phenoxy) is 1. The number of benzene rings is 1. The minimum atomic E-state index is 0.530. The van der Waals surface area contributed by atoms with Gasteiger partial charge in [-0.15, -0.1) is 0 Å². The van der Waals surface area contributed by atoms with Crippen LogP contribution in [0.25, 0.3) is 0 Å². The lowest BCUT2D eigenvalue weighted by molar-refractivity contribution is 0.147. The molecule has 0 heterocycles. The Morgan fingerprint density at radius 3 is 2.54 bits per heavy atom. The molecule has 0 radical (unpaired) electrons. The van der Waals surface area contributed by atoms with E-state index in [0.29, 0.717) is 13.2 Å². The third-order valence-electron chi connectivity index (χ3n) is 1.44. The summed E-state index contributed by atoms with van der Waals surface area (Å²) in [6.45, 7) is 4.79. The van der Waals surface area contributed by atoms with Gasteiger partial charge in [-0.25, -0.2) is 0 Å². The summed E-state index contributed by atoms with van der Waals surface area (Å²) in [4.78, 5) is 0. The molecular weight excluding hydrogens is 251 g/mol. The Bertz CT molecular complexity index is 281. The molecule has 1 aromatic rings. The third-order valence-corrected chi connectivity index (χ3v) is 1.92. The molecule has 0 fully saturated rings. The van der Waals surface area contributed by atoms with Crippen molar-refractivity contribution < 1.29 is 4.74 Å². The molecule has 1 aromatic carbocycles. The van der Waals surface area contributed by atoms with Crippen LogP contribution in [0.3, 0.4) is 0 Å². The highest BCUT2D eigenvalue weighted by molar-refractivity contribution is 9.11. The van der Waals surface area contributed by atoms with Gasteiger partial charge in [-0.2, -0.15) is 0 Å². The first-order valence-corrected chi connectivity index (χ1v) is 5.01. The minimum Gasteiger partial charge on any atom is -0.372 e. The number of hydrogen-bond donors (Lipinski definition) is 0. The third kappa shape index (κ3) is 4.46. The van der Waals surface area contributed by atoms with Gasteiger partial charge < -0.3 is 4.74 Å². The average molecular weight is 262 g/mol. The topological polar surface area (TPSA) is 9.23 Å². The van der Waals surface area contributed by atoms with Crippen LogP contribution in [0.5, 0.6) is 0 Å². The number of rotatable bonds is 4. The molecule has 0 atom stereocenters. The van der Waals surface area contributed by atoms with Crippen molar-refractivity contribution in [2.75, 3.05) is 6.61 Å². The molecule has 0 saturated carbocycles. The molecule has 0 N–H and O–H groups in total. The van der Waals surface area contributed by atoms with Gasteiger partial charge in [-0.1, -0.05) is 46.2 Å². The first-order valence-electron chi connectivity index (χ1n) is 3.84. The van der Waals surface area contributed by atoms with Gasteiger partial charge in [0.1, 0.15) is 0 Å². The van der Waals surface area contributed by atoms with Crippen LogP contribution in [0.15, 0.2) is 35.3 Å².